The molecule has 2 aliphatic heterocycles. The Morgan fingerprint density at radius 2 is 1.38 bits per heavy atom. The van der Waals surface area contributed by atoms with Crippen LogP contribution in [0.3, 0.4) is 0 Å². The summed E-state index contributed by atoms with van der Waals surface area (Å²) in [4.78, 5) is 38.8. The van der Waals surface area contributed by atoms with Crippen molar-refractivity contribution in [3.8, 4) is 0 Å². The number of allylic oxidation sites excluding steroid dienone is 5. The van der Waals surface area contributed by atoms with Gasteiger partial charge in [-0.1, -0.05) is 74.2 Å². The van der Waals surface area contributed by atoms with Gasteiger partial charge in [0.05, 0.1) is 5.41 Å². The van der Waals surface area contributed by atoms with E-state index in [9.17, 15) is 29.7 Å². The maximum Gasteiger partial charge on any atom is 0.210 e. The summed E-state index contributed by atoms with van der Waals surface area (Å²) in [6.07, 6.45) is 2.78. The third-order valence-corrected chi connectivity index (χ3v) is 10.1. The molecule has 0 saturated carbocycles. The normalized spacial score (nSPS) is 19.4. The van der Waals surface area contributed by atoms with E-state index in [0.717, 1.165) is 44.0 Å². The third-order valence-electron chi connectivity index (χ3n) is 10.1. The van der Waals surface area contributed by atoms with Gasteiger partial charge in [0, 0.05) is 77.0 Å². The molecule has 8 heteroatoms. The van der Waals surface area contributed by atoms with Crippen LogP contribution >= 0.6 is 0 Å². The molecule has 0 amide bonds. The monoisotopic (exact) mass is 638 g/mol. The van der Waals surface area contributed by atoms with Crippen LogP contribution in [-0.2, 0) is 25.2 Å². The van der Waals surface area contributed by atoms with E-state index in [1.54, 1.807) is 12.2 Å². The van der Waals surface area contributed by atoms with E-state index < -0.39 is 34.3 Å². The molecule has 0 aromatic heterocycles. The summed E-state index contributed by atoms with van der Waals surface area (Å²) in [6, 6.07) is 23.8. The van der Waals surface area contributed by atoms with Crippen LogP contribution in [0.4, 0.5) is 11.4 Å². The molecule has 48 heavy (non-hydrogen) atoms. The highest BCUT2D eigenvalue weighted by Gasteiger charge is 2.47. The van der Waals surface area contributed by atoms with Gasteiger partial charge in [0.1, 0.15) is 0 Å². The zero-order valence-electron chi connectivity index (χ0n) is 27.3. The van der Waals surface area contributed by atoms with E-state index in [0.29, 0.717) is 11.4 Å². The Hall–Kier alpha value is -5.50. The Bertz CT molecular complexity index is 2230. The second-order valence-electron chi connectivity index (χ2n) is 13.7. The summed E-state index contributed by atoms with van der Waals surface area (Å²) in [5, 5.41) is 41.1. The number of carbonyl (C=O) groups is 3. The van der Waals surface area contributed by atoms with Crippen LogP contribution in [0.5, 0.6) is 0 Å². The maximum absolute atomic E-state index is 13.9. The molecular weight excluding hydrogens is 604 g/mol. The first kappa shape index (κ1) is 31.1. The van der Waals surface area contributed by atoms with Crippen molar-refractivity contribution in [2.45, 2.75) is 51.4 Å². The first-order chi connectivity index (χ1) is 22.8. The fraction of sp³-hybridized carbons (Fsp3) is 0.250. The quantitative estimate of drug-likeness (QED) is 0.214. The first-order valence-corrected chi connectivity index (χ1v) is 16.1. The minimum absolute atomic E-state index is 0.0283. The van der Waals surface area contributed by atoms with Crippen molar-refractivity contribution in [2.24, 2.45) is 0 Å². The fourth-order valence-corrected chi connectivity index (χ4v) is 7.85. The van der Waals surface area contributed by atoms with Crippen LogP contribution in [0.1, 0.15) is 51.7 Å². The number of anilines is 1. The molecule has 4 aromatic rings. The van der Waals surface area contributed by atoms with Crippen molar-refractivity contribution in [1.29, 1.82) is 0 Å². The van der Waals surface area contributed by atoms with Crippen molar-refractivity contribution >= 4 is 56.4 Å². The van der Waals surface area contributed by atoms with Gasteiger partial charge in [-0.15, -0.1) is 0 Å². The molecule has 8 nitrogen and oxygen atoms in total. The molecule has 4 aromatic carbocycles. The molecule has 3 aliphatic rings. The van der Waals surface area contributed by atoms with Gasteiger partial charge in [-0.25, -0.2) is 0 Å². The van der Waals surface area contributed by atoms with E-state index in [2.05, 4.69) is 0 Å². The van der Waals surface area contributed by atoms with Gasteiger partial charge >= 0.3 is 0 Å². The lowest BCUT2D eigenvalue weighted by molar-refractivity contribution is -0.439. The third kappa shape index (κ3) is 4.66. The number of hydrogen-bond donors (Lipinski definition) is 0. The molecule has 0 unspecified atom stereocenters. The number of aliphatic carboxylic acids is 2. The lowest BCUT2D eigenvalue weighted by Crippen LogP contribution is -2.36. The summed E-state index contributed by atoms with van der Waals surface area (Å²) >= 11 is 0. The zero-order valence-corrected chi connectivity index (χ0v) is 27.3. The molecule has 0 atom stereocenters. The lowest BCUT2D eigenvalue weighted by atomic mass is 9.76. The summed E-state index contributed by atoms with van der Waals surface area (Å²) in [5.74, 6) is -3.20. The predicted molar refractivity (Wildman–Crippen MR) is 179 cm³/mol. The van der Waals surface area contributed by atoms with Gasteiger partial charge in [-0.2, -0.15) is 4.58 Å². The minimum atomic E-state index is -1.19. The average Bonchev–Trinajstić information content (AvgIpc) is 3.41. The number of nitrogens with zero attached hydrogens (tertiary/aromatic N) is 2. The number of rotatable bonds is 8. The number of ketones is 1. The molecule has 0 saturated heterocycles. The number of carbonyl (C=O) groups excluding carboxylic acids is 3. The van der Waals surface area contributed by atoms with Crippen LogP contribution < -0.4 is 20.2 Å². The predicted octanol–water partition coefficient (Wildman–Crippen LogP) is 3.45. The van der Waals surface area contributed by atoms with Gasteiger partial charge in [0.15, 0.2) is 18.0 Å². The molecule has 1 aliphatic carbocycles. The Kier molecular flexibility index (Phi) is 7.16. The highest BCUT2D eigenvalue weighted by molar-refractivity contribution is 6.24. The maximum atomic E-state index is 13.9. The first-order valence-electron chi connectivity index (χ1n) is 16.1. The Balaban J connectivity index is 1.34. The topological polar surface area (TPSA) is 127 Å². The smallest absolute Gasteiger partial charge is 0.210 e. The molecule has 7 rings (SSSR count). The number of hydrogen-bond acceptors (Lipinski definition) is 7. The highest BCUT2D eigenvalue weighted by atomic mass is 16.4. The minimum Gasteiger partial charge on any atom is -0.871 e. The van der Waals surface area contributed by atoms with Crippen LogP contribution in [0, 0.1) is 0 Å². The van der Waals surface area contributed by atoms with E-state index >= 15 is 0 Å². The molecule has 0 spiro atoms. The van der Waals surface area contributed by atoms with Crippen molar-refractivity contribution < 1.29 is 34.3 Å². The second kappa shape index (κ2) is 11.0. The molecule has 0 N–H and O–H groups in total. The summed E-state index contributed by atoms with van der Waals surface area (Å²) in [5.41, 5.74) is 3.74. The Morgan fingerprint density at radius 3 is 2.00 bits per heavy atom. The molecule has 0 radical (unpaired) electrons. The summed E-state index contributed by atoms with van der Waals surface area (Å²) in [7, 11) is 0. The van der Waals surface area contributed by atoms with Crippen molar-refractivity contribution in [3.63, 3.8) is 0 Å². The van der Waals surface area contributed by atoms with Crippen LogP contribution in [0.2, 0.25) is 0 Å². The van der Waals surface area contributed by atoms with Gasteiger partial charge in [0.25, 0.3) is 0 Å². The van der Waals surface area contributed by atoms with Crippen molar-refractivity contribution in [3.05, 3.63) is 119 Å². The van der Waals surface area contributed by atoms with Crippen molar-refractivity contribution in [1.82, 2.24) is 0 Å². The number of carboxylic acid groups (broad SMARTS) is 2. The Morgan fingerprint density at radius 1 is 0.771 bits per heavy atom. The summed E-state index contributed by atoms with van der Waals surface area (Å²) < 4.78 is 1.88. The SMILES string of the molecule is CC1(C)C(=CC2=C([O-])C(=CC3=[N+](CCC(=O)[O-])c4ccc5ccccc5c4C3(C)C)C2=O)N(CCC(=O)[O-])c2ccc3ccccc3c21. The lowest BCUT2D eigenvalue weighted by Gasteiger charge is -2.33. The molecule has 0 fully saturated rings. The van der Waals surface area contributed by atoms with E-state index in [-0.39, 0.29) is 37.1 Å². The molecule has 2 heterocycles. The van der Waals surface area contributed by atoms with E-state index in [1.165, 1.54) is 0 Å². The molecular formula is C40H34N2O6-2. The second-order valence-corrected chi connectivity index (χ2v) is 13.7. The van der Waals surface area contributed by atoms with Gasteiger partial charge < -0.3 is 29.8 Å². The van der Waals surface area contributed by atoms with Crippen LogP contribution in [0.25, 0.3) is 21.5 Å². The number of carboxylic acids is 2. The van der Waals surface area contributed by atoms with Gasteiger partial charge in [-0.3, -0.25) is 4.79 Å². The number of benzene rings is 4. The largest absolute Gasteiger partial charge is 0.871 e. The van der Waals surface area contributed by atoms with E-state index in [1.807, 2.05) is 110 Å². The molecule has 242 valence electrons. The van der Waals surface area contributed by atoms with E-state index in [4.69, 9.17) is 0 Å². The average molecular weight is 639 g/mol. The zero-order chi connectivity index (χ0) is 34.1. The number of Topliss-reactive ketones (excluding diaryl/α,β-unsaturated/α-hetero) is 1. The van der Waals surface area contributed by atoms with Crippen LogP contribution in [-0.4, -0.2) is 41.1 Å². The van der Waals surface area contributed by atoms with Crippen LogP contribution in [0.15, 0.2) is 108 Å². The summed E-state index contributed by atoms with van der Waals surface area (Å²) in [6.45, 7) is 8.30. The standard InChI is InChI=1S/C40H36N2O6/c1-39(2)31(41(19-17-33(43)44)29-15-13-23-9-5-7-11-25(23)35(29)39)21-27-37(47)28(38(27)48)22-32-40(3,4)36-26-12-8-6-10-24(26)14-16-30(36)42(32)20-18-34(45)46/h5-16,21-22H,17-20H2,1-4H3,(H2-,43,44,45,46,47,48)/p-2. The van der Waals surface area contributed by atoms with Gasteiger partial charge in [-0.05, 0) is 59.2 Å². The number of fused-ring (bicyclic) bond motifs is 6. The Labute approximate surface area is 278 Å². The van der Waals surface area contributed by atoms with Gasteiger partial charge in [0.2, 0.25) is 5.69 Å². The van der Waals surface area contributed by atoms with Crippen molar-refractivity contribution in [2.75, 3.05) is 18.0 Å². The highest BCUT2D eigenvalue weighted by Crippen LogP contribution is 2.52. The molecule has 0 bridgehead atoms. The fourth-order valence-electron chi connectivity index (χ4n) is 7.85.